The van der Waals surface area contributed by atoms with E-state index in [0.29, 0.717) is 39.2 Å². The Morgan fingerprint density at radius 1 is 1.14 bits per heavy atom. The molecule has 0 spiro atoms. The molecule has 1 aliphatic rings. The summed E-state index contributed by atoms with van der Waals surface area (Å²) in [5, 5.41) is 3.00. The summed E-state index contributed by atoms with van der Waals surface area (Å²) in [6.45, 7) is 3.77. The van der Waals surface area contributed by atoms with E-state index < -0.39 is 0 Å². The zero-order chi connectivity index (χ0) is 19.6. The summed E-state index contributed by atoms with van der Waals surface area (Å²) in [6.07, 6.45) is 1.04. The van der Waals surface area contributed by atoms with Crippen molar-refractivity contribution in [2.45, 2.75) is 18.9 Å². The molecule has 2 aromatic rings. The van der Waals surface area contributed by atoms with Gasteiger partial charge in [0.25, 0.3) is 0 Å². The van der Waals surface area contributed by atoms with E-state index in [0.717, 1.165) is 24.4 Å². The number of carbonyl (C=O) groups excluding carboxylic acids is 1. The minimum absolute atomic E-state index is 0.0219. The van der Waals surface area contributed by atoms with Crippen LogP contribution >= 0.6 is 0 Å². The molecule has 1 aliphatic heterocycles. The zero-order valence-corrected chi connectivity index (χ0v) is 16.0. The fraction of sp³-hybridized carbons (Fsp3) is 0.409. The fourth-order valence-electron chi connectivity index (χ4n) is 3.30. The first-order valence-electron chi connectivity index (χ1n) is 9.74. The lowest BCUT2D eigenvalue weighted by Crippen LogP contribution is -2.43. The average molecular weight is 386 g/mol. The Bertz CT molecular complexity index is 736. The molecule has 1 fully saturated rings. The number of benzene rings is 2. The molecular weight excluding hydrogens is 359 g/mol. The molecule has 2 aromatic carbocycles. The smallest absolute Gasteiger partial charge is 0.220 e. The number of para-hydroxylation sites is 1. The highest BCUT2D eigenvalue weighted by atomic mass is 19.1. The number of morpholine rings is 1. The highest BCUT2D eigenvalue weighted by molar-refractivity contribution is 5.75. The van der Waals surface area contributed by atoms with Crippen LogP contribution in [0, 0.1) is 5.82 Å². The van der Waals surface area contributed by atoms with Crippen molar-refractivity contribution in [3.8, 4) is 5.75 Å². The Hall–Kier alpha value is -2.44. The van der Waals surface area contributed by atoms with Gasteiger partial charge in [0.15, 0.2) is 0 Å². The number of halogens is 1. The van der Waals surface area contributed by atoms with E-state index in [-0.39, 0.29) is 17.8 Å². The van der Waals surface area contributed by atoms with Crippen LogP contribution in [0.25, 0.3) is 0 Å². The molecule has 1 atom stereocenters. The van der Waals surface area contributed by atoms with Gasteiger partial charge in [-0.2, -0.15) is 0 Å². The van der Waals surface area contributed by atoms with Crippen LogP contribution in [-0.4, -0.2) is 50.3 Å². The lowest BCUT2D eigenvalue weighted by Gasteiger charge is -2.35. The lowest BCUT2D eigenvalue weighted by molar-refractivity contribution is -0.121. The molecule has 28 heavy (non-hydrogen) atoms. The van der Waals surface area contributed by atoms with E-state index in [9.17, 15) is 9.18 Å². The third-order valence-corrected chi connectivity index (χ3v) is 4.77. The molecule has 1 unspecified atom stereocenters. The first-order chi connectivity index (χ1) is 13.7. The van der Waals surface area contributed by atoms with Crippen molar-refractivity contribution >= 4 is 5.91 Å². The van der Waals surface area contributed by atoms with E-state index in [2.05, 4.69) is 10.2 Å². The van der Waals surface area contributed by atoms with Crippen molar-refractivity contribution in [2.24, 2.45) is 0 Å². The van der Waals surface area contributed by atoms with Crippen molar-refractivity contribution in [1.82, 2.24) is 10.2 Å². The number of nitrogens with one attached hydrogen (secondary N) is 1. The molecule has 0 aliphatic carbocycles. The molecule has 5 nitrogen and oxygen atoms in total. The normalized spacial score (nSPS) is 15.8. The van der Waals surface area contributed by atoms with Gasteiger partial charge in [-0.3, -0.25) is 9.69 Å². The predicted molar refractivity (Wildman–Crippen MR) is 106 cm³/mol. The summed E-state index contributed by atoms with van der Waals surface area (Å²) in [6, 6.07) is 16.1. The average Bonchev–Trinajstić information content (AvgIpc) is 2.73. The predicted octanol–water partition coefficient (Wildman–Crippen LogP) is 3.17. The first-order valence-corrected chi connectivity index (χ1v) is 9.74. The summed E-state index contributed by atoms with van der Waals surface area (Å²) in [5.41, 5.74) is 0.870. The second-order valence-electron chi connectivity index (χ2n) is 6.79. The monoisotopic (exact) mass is 386 g/mol. The lowest BCUT2D eigenvalue weighted by atomic mass is 10.0. The molecule has 1 saturated heterocycles. The van der Waals surface area contributed by atoms with Crippen LogP contribution in [0.5, 0.6) is 5.75 Å². The summed E-state index contributed by atoms with van der Waals surface area (Å²) >= 11 is 0. The summed E-state index contributed by atoms with van der Waals surface area (Å²) in [4.78, 5) is 14.5. The number of nitrogens with zero attached hydrogens (tertiary/aromatic N) is 1. The van der Waals surface area contributed by atoms with Crippen molar-refractivity contribution in [3.63, 3.8) is 0 Å². The minimum atomic E-state index is -0.264. The molecule has 1 amide bonds. The molecule has 0 radical (unpaired) electrons. The largest absolute Gasteiger partial charge is 0.494 e. The van der Waals surface area contributed by atoms with E-state index in [4.69, 9.17) is 9.47 Å². The fourth-order valence-corrected chi connectivity index (χ4v) is 3.30. The van der Waals surface area contributed by atoms with Gasteiger partial charge in [0.2, 0.25) is 5.91 Å². The first kappa shape index (κ1) is 20.3. The highest BCUT2D eigenvalue weighted by Gasteiger charge is 2.23. The second kappa shape index (κ2) is 10.8. The van der Waals surface area contributed by atoms with Gasteiger partial charge in [0.1, 0.15) is 11.6 Å². The summed E-state index contributed by atoms with van der Waals surface area (Å²) in [5.74, 6) is 0.521. The Balaban J connectivity index is 1.47. The maximum atomic E-state index is 13.7. The van der Waals surface area contributed by atoms with Gasteiger partial charge >= 0.3 is 0 Å². The quantitative estimate of drug-likeness (QED) is 0.673. The van der Waals surface area contributed by atoms with E-state index in [1.807, 2.05) is 36.4 Å². The topological polar surface area (TPSA) is 50.8 Å². The number of ether oxygens (including phenoxy) is 2. The number of hydrogen-bond acceptors (Lipinski definition) is 4. The Labute approximate surface area is 165 Å². The molecule has 6 heteroatoms. The van der Waals surface area contributed by atoms with Crippen LogP contribution < -0.4 is 10.1 Å². The molecule has 150 valence electrons. The third-order valence-electron chi connectivity index (χ3n) is 4.77. The van der Waals surface area contributed by atoms with E-state index >= 15 is 0 Å². The number of hydrogen-bond donors (Lipinski definition) is 1. The van der Waals surface area contributed by atoms with Gasteiger partial charge in [-0.1, -0.05) is 30.3 Å². The van der Waals surface area contributed by atoms with Crippen LogP contribution in [-0.2, 0) is 9.53 Å². The van der Waals surface area contributed by atoms with Crippen molar-refractivity contribution in [2.75, 3.05) is 39.5 Å². The molecule has 0 bridgehead atoms. The molecule has 1 heterocycles. The van der Waals surface area contributed by atoms with Crippen molar-refractivity contribution < 1.29 is 18.7 Å². The number of carbonyl (C=O) groups is 1. The summed E-state index contributed by atoms with van der Waals surface area (Å²) in [7, 11) is 0. The molecule has 0 aromatic heterocycles. The van der Waals surface area contributed by atoms with Crippen LogP contribution in [0.1, 0.15) is 24.4 Å². The Morgan fingerprint density at radius 3 is 2.68 bits per heavy atom. The van der Waals surface area contributed by atoms with Gasteiger partial charge in [0.05, 0.1) is 25.9 Å². The Kier molecular flexibility index (Phi) is 7.82. The van der Waals surface area contributed by atoms with Crippen LogP contribution in [0.15, 0.2) is 54.6 Å². The Morgan fingerprint density at radius 2 is 1.93 bits per heavy atom. The third kappa shape index (κ3) is 6.32. The van der Waals surface area contributed by atoms with Gasteiger partial charge in [0, 0.05) is 26.1 Å². The molecule has 0 saturated carbocycles. The molecular formula is C22H27FN2O3. The van der Waals surface area contributed by atoms with Gasteiger partial charge < -0.3 is 14.8 Å². The second-order valence-corrected chi connectivity index (χ2v) is 6.79. The maximum Gasteiger partial charge on any atom is 0.220 e. The van der Waals surface area contributed by atoms with Gasteiger partial charge in [-0.25, -0.2) is 4.39 Å². The summed E-state index contributed by atoms with van der Waals surface area (Å²) < 4.78 is 24.7. The minimum Gasteiger partial charge on any atom is -0.494 e. The van der Waals surface area contributed by atoms with Crippen molar-refractivity contribution in [3.05, 3.63) is 66.0 Å². The zero-order valence-electron chi connectivity index (χ0n) is 16.0. The van der Waals surface area contributed by atoms with Gasteiger partial charge in [-0.05, 0) is 36.2 Å². The van der Waals surface area contributed by atoms with E-state index in [1.165, 1.54) is 6.07 Å². The van der Waals surface area contributed by atoms with E-state index in [1.54, 1.807) is 12.1 Å². The highest BCUT2D eigenvalue weighted by Crippen LogP contribution is 2.22. The number of rotatable bonds is 9. The SMILES string of the molecule is O=C(CCCOc1ccccc1)NCC(c1cccc(F)c1)N1CCOCC1. The van der Waals surface area contributed by atoms with Crippen LogP contribution in [0.3, 0.4) is 0 Å². The molecule has 3 rings (SSSR count). The molecule has 1 N–H and O–H groups in total. The maximum absolute atomic E-state index is 13.7. The van der Waals surface area contributed by atoms with Crippen LogP contribution in [0.4, 0.5) is 4.39 Å². The van der Waals surface area contributed by atoms with Crippen LogP contribution in [0.2, 0.25) is 0 Å². The number of amides is 1. The van der Waals surface area contributed by atoms with Gasteiger partial charge in [-0.15, -0.1) is 0 Å². The standard InChI is InChI=1S/C22H27FN2O3/c23-19-7-4-6-18(16-19)21(25-11-14-27-15-12-25)17-24-22(26)10-5-13-28-20-8-2-1-3-9-20/h1-4,6-9,16,21H,5,10-15,17H2,(H,24,26). The van der Waals surface area contributed by atoms with Crippen molar-refractivity contribution in [1.29, 1.82) is 0 Å².